The summed E-state index contributed by atoms with van der Waals surface area (Å²) >= 11 is 0. The first-order valence-electron chi connectivity index (χ1n) is 11.3. The van der Waals surface area contributed by atoms with E-state index in [1.807, 2.05) is 0 Å². The molecule has 2 aromatic rings. The molecular formula is C25H33F2N3O2. The highest BCUT2D eigenvalue weighted by Gasteiger charge is 2.24. The maximum Gasteiger partial charge on any atom is 0.217 e. The van der Waals surface area contributed by atoms with E-state index in [4.69, 9.17) is 0 Å². The lowest BCUT2D eigenvalue weighted by Gasteiger charge is -2.25. The predicted octanol–water partition coefficient (Wildman–Crippen LogP) is 3.11. The summed E-state index contributed by atoms with van der Waals surface area (Å²) in [5, 5.41) is 16.8. The molecule has 0 saturated carbocycles. The molecule has 1 amide bonds. The standard InChI is InChI=1S/C25H33F2N3O2/c1-4-17-8-19-6-7-30(5-2)25(19)20(9-17)14-28-15-24(32)23(29-16(3)31)12-18-10-21(26)13-22(27)11-18/h8-11,13,23-24,28,32H,4-7,12,14-15H2,1-3H3,(H,29,31)/t23-,24+/m0/s1. The zero-order chi connectivity index (χ0) is 23.3. The molecule has 1 aliphatic heterocycles. The van der Waals surface area contributed by atoms with Crippen LogP contribution in [0.4, 0.5) is 14.5 Å². The van der Waals surface area contributed by atoms with E-state index in [9.17, 15) is 18.7 Å². The van der Waals surface area contributed by atoms with Crippen LogP contribution in [0, 0.1) is 11.6 Å². The van der Waals surface area contributed by atoms with E-state index in [1.54, 1.807) is 0 Å². The number of benzene rings is 2. The van der Waals surface area contributed by atoms with Gasteiger partial charge in [0.25, 0.3) is 0 Å². The summed E-state index contributed by atoms with van der Waals surface area (Å²) in [5.41, 5.74) is 5.53. The van der Waals surface area contributed by atoms with Crippen molar-refractivity contribution in [1.29, 1.82) is 0 Å². The fraction of sp³-hybridized carbons (Fsp3) is 0.480. The lowest BCUT2D eigenvalue weighted by Crippen LogP contribution is -2.48. The second-order valence-corrected chi connectivity index (χ2v) is 8.43. The fourth-order valence-electron chi connectivity index (χ4n) is 4.48. The van der Waals surface area contributed by atoms with Crippen LogP contribution in [0.5, 0.6) is 0 Å². The Hall–Kier alpha value is -2.51. The summed E-state index contributed by atoms with van der Waals surface area (Å²) in [6, 6.07) is 7.08. The highest BCUT2D eigenvalue weighted by atomic mass is 19.1. The number of fused-ring (bicyclic) bond motifs is 1. The molecule has 3 N–H and O–H groups in total. The number of aliphatic hydroxyl groups excluding tert-OH is 1. The Balaban J connectivity index is 1.68. The summed E-state index contributed by atoms with van der Waals surface area (Å²) < 4.78 is 27.1. The van der Waals surface area contributed by atoms with Crippen molar-refractivity contribution in [2.24, 2.45) is 0 Å². The number of rotatable bonds is 10. The first-order chi connectivity index (χ1) is 15.3. The van der Waals surface area contributed by atoms with Crippen LogP contribution in [-0.2, 0) is 30.6 Å². The summed E-state index contributed by atoms with van der Waals surface area (Å²) in [5.74, 6) is -1.67. The molecule has 0 spiro atoms. The molecule has 0 fully saturated rings. The van der Waals surface area contributed by atoms with Crippen molar-refractivity contribution in [2.75, 3.05) is 24.5 Å². The van der Waals surface area contributed by atoms with Crippen LogP contribution in [-0.4, -0.2) is 42.8 Å². The van der Waals surface area contributed by atoms with E-state index < -0.39 is 23.8 Å². The zero-order valence-corrected chi connectivity index (χ0v) is 19.0. The Morgan fingerprint density at radius 2 is 1.84 bits per heavy atom. The largest absolute Gasteiger partial charge is 0.390 e. The van der Waals surface area contributed by atoms with Gasteiger partial charge in [-0.25, -0.2) is 8.78 Å². The Kier molecular flexibility index (Phi) is 8.21. The number of likely N-dealkylation sites (N-methyl/N-ethyl adjacent to an activating group) is 1. The molecule has 3 rings (SSSR count). The van der Waals surface area contributed by atoms with Crippen molar-refractivity contribution in [3.63, 3.8) is 0 Å². The molecule has 2 aromatic carbocycles. The van der Waals surface area contributed by atoms with Gasteiger partial charge >= 0.3 is 0 Å². The average Bonchev–Trinajstić information content (AvgIpc) is 3.15. The molecule has 32 heavy (non-hydrogen) atoms. The third-order valence-corrected chi connectivity index (χ3v) is 5.98. The van der Waals surface area contributed by atoms with Crippen molar-refractivity contribution in [1.82, 2.24) is 10.6 Å². The molecule has 1 aliphatic rings. The summed E-state index contributed by atoms with van der Waals surface area (Å²) in [6.45, 7) is 8.44. The number of aliphatic hydroxyl groups is 1. The Morgan fingerprint density at radius 1 is 1.12 bits per heavy atom. The highest BCUT2D eigenvalue weighted by molar-refractivity contribution is 5.73. The molecule has 0 saturated heterocycles. The second kappa shape index (κ2) is 10.9. The van der Waals surface area contributed by atoms with Gasteiger partial charge in [0, 0.05) is 44.9 Å². The molecule has 0 aromatic heterocycles. The Labute approximate surface area is 188 Å². The van der Waals surface area contributed by atoms with E-state index in [0.29, 0.717) is 12.1 Å². The van der Waals surface area contributed by atoms with Gasteiger partial charge in [0.1, 0.15) is 11.6 Å². The number of hydrogen-bond acceptors (Lipinski definition) is 4. The van der Waals surface area contributed by atoms with Gasteiger partial charge in [0.2, 0.25) is 5.91 Å². The molecule has 0 bridgehead atoms. The first-order valence-corrected chi connectivity index (χ1v) is 11.3. The van der Waals surface area contributed by atoms with Crippen LogP contribution < -0.4 is 15.5 Å². The van der Waals surface area contributed by atoms with E-state index in [1.165, 1.54) is 41.4 Å². The monoisotopic (exact) mass is 445 g/mol. The van der Waals surface area contributed by atoms with Crippen LogP contribution in [0.3, 0.4) is 0 Å². The highest BCUT2D eigenvalue weighted by Crippen LogP contribution is 2.33. The van der Waals surface area contributed by atoms with Gasteiger partial charge in [-0.1, -0.05) is 19.1 Å². The lowest BCUT2D eigenvalue weighted by atomic mass is 9.99. The maximum absolute atomic E-state index is 13.6. The van der Waals surface area contributed by atoms with Crippen molar-refractivity contribution >= 4 is 11.6 Å². The topological polar surface area (TPSA) is 64.6 Å². The van der Waals surface area contributed by atoms with Crippen LogP contribution in [0.2, 0.25) is 0 Å². The quantitative estimate of drug-likeness (QED) is 0.526. The SMILES string of the molecule is CCc1cc2c(c(CNC[C@@H](O)[C@H](Cc3cc(F)cc(F)c3)NC(C)=O)c1)N(CC)CC2. The Bertz CT molecular complexity index is 931. The average molecular weight is 446 g/mol. The number of carbonyl (C=O) groups is 1. The van der Waals surface area contributed by atoms with E-state index >= 15 is 0 Å². The van der Waals surface area contributed by atoms with Gasteiger partial charge in [-0.15, -0.1) is 0 Å². The van der Waals surface area contributed by atoms with Crippen molar-refractivity contribution < 1.29 is 18.7 Å². The second-order valence-electron chi connectivity index (χ2n) is 8.43. The number of hydrogen-bond donors (Lipinski definition) is 3. The molecule has 1 heterocycles. The predicted molar refractivity (Wildman–Crippen MR) is 123 cm³/mol. The summed E-state index contributed by atoms with van der Waals surface area (Å²) in [4.78, 5) is 14.0. The number of aryl methyl sites for hydroxylation is 1. The van der Waals surface area contributed by atoms with E-state index in [0.717, 1.165) is 32.0 Å². The van der Waals surface area contributed by atoms with Gasteiger partial charge in [0.05, 0.1) is 12.1 Å². The Morgan fingerprint density at radius 3 is 2.47 bits per heavy atom. The summed E-state index contributed by atoms with van der Waals surface area (Å²) in [6.07, 6.45) is 1.21. The van der Waals surface area contributed by atoms with E-state index in [2.05, 4.69) is 41.5 Å². The number of anilines is 1. The maximum atomic E-state index is 13.6. The van der Waals surface area contributed by atoms with E-state index in [-0.39, 0.29) is 18.9 Å². The van der Waals surface area contributed by atoms with Crippen molar-refractivity contribution in [2.45, 2.75) is 58.7 Å². The summed E-state index contributed by atoms with van der Waals surface area (Å²) in [7, 11) is 0. The van der Waals surface area contributed by atoms with Crippen LogP contribution >= 0.6 is 0 Å². The van der Waals surface area contributed by atoms with Crippen molar-refractivity contribution in [3.8, 4) is 0 Å². The van der Waals surface area contributed by atoms with Crippen LogP contribution in [0.1, 0.15) is 43.0 Å². The number of amides is 1. The molecule has 5 nitrogen and oxygen atoms in total. The molecule has 7 heteroatoms. The van der Waals surface area contributed by atoms with Gasteiger partial charge in [0.15, 0.2) is 0 Å². The van der Waals surface area contributed by atoms with Gasteiger partial charge in [-0.2, -0.15) is 0 Å². The lowest BCUT2D eigenvalue weighted by molar-refractivity contribution is -0.120. The molecule has 174 valence electrons. The third-order valence-electron chi connectivity index (χ3n) is 5.98. The minimum atomic E-state index is -0.921. The molecule has 0 aliphatic carbocycles. The molecule has 0 unspecified atom stereocenters. The van der Waals surface area contributed by atoms with Gasteiger partial charge in [-0.05, 0) is 60.6 Å². The molecule has 0 radical (unpaired) electrons. The number of halogens is 2. The normalized spacial score (nSPS) is 14.9. The zero-order valence-electron chi connectivity index (χ0n) is 19.0. The third kappa shape index (κ3) is 6.04. The van der Waals surface area contributed by atoms with Crippen LogP contribution in [0.25, 0.3) is 0 Å². The molecule has 2 atom stereocenters. The number of carbonyl (C=O) groups excluding carboxylic acids is 1. The number of nitrogens with one attached hydrogen (secondary N) is 2. The number of nitrogens with zero attached hydrogens (tertiary/aromatic N) is 1. The minimum Gasteiger partial charge on any atom is -0.390 e. The van der Waals surface area contributed by atoms with Crippen LogP contribution in [0.15, 0.2) is 30.3 Å². The van der Waals surface area contributed by atoms with Gasteiger partial charge < -0.3 is 20.6 Å². The fourth-order valence-corrected chi connectivity index (χ4v) is 4.48. The molecular weight excluding hydrogens is 412 g/mol. The first kappa shape index (κ1) is 24.1. The van der Waals surface area contributed by atoms with Crippen molar-refractivity contribution in [3.05, 3.63) is 64.2 Å². The smallest absolute Gasteiger partial charge is 0.217 e. The van der Waals surface area contributed by atoms with Gasteiger partial charge in [-0.3, -0.25) is 4.79 Å². The minimum absolute atomic E-state index is 0.126.